The summed E-state index contributed by atoms with van der Waals surface area (Å²) in [5, 5.41) is 9.19. The van der Waals surface area contributed by atoms with E-state index in [9.17, 15) is 5.11 Å². The van der Waals surface area contributed by atoms with E-state index in [2.05, 4.69) is 0 Å². The second kappa shape index (κ2) is 2.68. The predicted octanol–water partition coefficient (Wildman–Crippen LogP) is 1.17. The number of hydrogen-bond acceptors (Lipinski definition) is 3. The highest BCUT2D eigenvalue weighted by atomic mass is 16.3. The summed E-state index contributed by atoms with van der Waals surface area (Å²) >= 11 is 0. The highest BCUT2D eigenvalue weighted by molar-refractivity contribution is 5.53. The fourth-order valence-corrected chi connectivity index (χ4v) is 1.10. The third-order valence-corrected chi connectivity index (χ3v) is 1.73. The molecule has 0 atom stereocenters. The Morgan fingerprint density at radius 1 is 1.33 bits per heavy atom. The molecule has 0 aliphatic heterocycles. The van der Waals surface area contributed by atoms with Crippen molar-refractivity contribution in [1.82, 2.24) is 0 Å². The molecule has 0 saturated heterocycles. The van der Waals surface area contributed by atoms with Crippen LogP contribution in [0.4, 0.5) is 5.69 Å². The van der Waals surface area contributed by atoms with Crippen molar-refractivity contribution in [3.63, 3.8) is 0 Å². The molecule has 0 unspecified atom stereocenters. The van der Waals surface area contributed by atoms with E-state index in [4.69, 9.17) is 11.5 Å². The summed E-state index contributed by atoms with van der Waals surface area (Å²) in [5.74, 6) is 0.192. The van der Waals surface area contributed by atoms with Gasteiger partial charge in [0.15, 0.2) is 0 Å². The number of anilines is 1. The number of phenols is 1. The van der Waals surface area contributed by atoms with Crippen molar-refractivity contribution in [3.8, 4) is 5.75 Å². The molecule has 0 aromatic heterocycles. The van der Waals surface area contributed by atoms with Gasteiger partial charge in [-0.2, -0.15) is 0 Å². The van der Waals surface area contributed by atoms with Crippen LogP contribution >= 0.6 is 0 Å². The Morgan fingerprint density at radius 2 is 1.92 bits per heavy atom. The van der Waals surface area contributed by atoms with Crippen LogP contribution < -0.4 is 11.5 Å². The van der Waals surface area contributed by atoms with Crippen LogP contribution in [0.2, 0.25) is 0 Å². The Balaban J connectivity index is 3.23. The molecular formula is C9H14N2O. The van der Waals surface area contributed by atoms with Crippen LogP contribution in [0.25, 0.3) is 0 Å². The van der Waals surface area contributed by atoms with E-state index < -0.39 is 5.54 Å². The van der Waals surface area contributed by atoms with Crippen molar-refractivity contribution in [1.29, 1.82) is 0 Å². The van der Waals surface area contributed by atoms with Gasteiger partial charge in [-0.15, -0.1) is 0 Å². The highest BCUT2D eigenvalue weighted by Crippen LogP contribution is 2.26. The lowest BCUT2D eigenvalue weighted by Crippen LogP contribution is -2.29. The molecule has 0 radical (unpaired) electrons. The van der Waals surface area contributed by atoms with Crippen LogP contribution in [-0.2, 0) is 5.54 Å². The first-order valence-corrected chi connectivity index (χ1v) is 3.79. The second-order valence-corrected chi connectivity index (χ2v) is 3.49. The van der Waals surface area contributed by atoms with Crippen LogP contribution in [0.15, 0.2) is 18.2 Å². The smallest absolute Gasteiger partial charge is 0.116 e. The van der Waals surface area contributed by atoms with Crippen molar-refractivity contribution < 1.29 is 5.11 Å². The molecule has 0 fully saturated rings. The number of nitrogen functional groups attached to an aromatic ring is 1. The van der Waals surface area contributed by atoms with Crippen LogP contribution in [0.3, 0.4) is 0 Å². The number of benzene rings is 1. The van der Waals surface area contributed by atoms with Crippen molar-refractivity contribution >= 4 is 5.69 Å². The lowest BCUT2D eigenvalue weighted by Gasteiger charge is -2.21. The zero-order chi connectivity index (χ0) is 9.35. The monoisotopic (exact) mass is 166 g/mol. The summed E-state index contributed by atoms with van der Waals surface area (Å²) in [6.45, 7) is 3.69. The van der Waals surface area contributed by atoms with E-state index in [1.807, 2.05) is 13.8 Å². The molecule has 3 heteroatoms. The second-order valence-electron chi connectivity index (χ2n) is 3.49. The first kappa shape index (κ1) is 8.87. The van der Waals surface area contributed by atoms with Gasteiger partial charge in [-0.3, -0.25) is 0 Å². The van der Waals surface area contributed by atoms with Crippen molar-refractivity contribution in [2.75, 3.05) is 5.73 Å². The van der Waals surface area contributed by atoms with Crippen molar-refractivity contribution in [2.24, 2.45) is 5.73 Å². The topological polar surface area (TPSA) is 72.3 Å². The van der Waals surface area contributed by atoms with Gasteiger partial charge in [-0.25, -0.2) is 0 Å². The maximum absolute atomic E-state index is 9.19. The van der Waals surface area contributed by atoms with E-state index >= 15 is 0 Å². The van der Waals surface area contributed by atoms with E-state index in [1.165, 1.54) is 0 Å². The number of aromatic hydroxyl groups is 1. The van der Waals surface area contributed by atoms with Gasteiger partial charge in [0.2, 0.25) is 0 Å². The molecule has 3 nitrogen and oxygen atoms in total. The fourth-order valence-electron chi connectivity index (χ4n) is 1.10. The highest BCUT2D eigenvalue weighted by Gasteiger charge is 2.17. The number of hydrogen-bond donors (Lipinski definition) is 3. The first-order valence-electron chi connectivity index (χ1n) is 3.79. The molecule has 0 saturated carbocycles. The van der Waals surface area contributed by atoms with Gasteiger partial charge in [0.1, 0.15) is 5.75 Å². The number of phenolic OH excluding ortho intramolecular Hbond substituents is 1. The predicted molar refractivity (Wildman–Crippen MR) is 49.7 cm³/mol. The lowest BCUT2D eigenvalue weighted by molar-refractivity contribution is 0.470. The SMILES string of the molecule is CC(C)(N)c1cc(O)ccc1N. The first-order chi connectivity index (χ1) is 5.41. The Hall–Kier alpha value is -1.22. The van der Waals surface area contributed by atoms with Gasteiger partial charge >= 0.3 is 0 Å². The summed E-state index contributed by atoms with van der Waals surface area (Å²) in [7, 11) is 0. The Morgan fingerprint density at radius 3 is 2.33 bits per heavy atom. The molecule has 1 rings (SSSR count). The molecule has 0 bridgehead atoms. The summed E-state index contributed by atoms with van der Waals surface area (Å²) in [6.07, 6.45) is 0. The molecule has 0 spiro atoms. The number of nitrogens with two attached hydrogens (primary N) is 2. The van der Waals surface area contributed by atoms with Crippen LogP contribution in [0, 0.1) is 0 Å². The van der Waals surface area contributed by atoms with E-state index in [0.29, 0.717) is 5.69 Å². The molecule has 0 aliphatic carbocycles. The molecule has 12 heavy (non-hydrogen) atoms. The molecule has 1 aromatic rings. The van der Waals surface area contributed by atoms with Crippen LogP contribution in [0.1, 0.15) is 19.4 Å². The van der Waals surface area contributed by atoms with Gasteiger partial charge in [-0.05, 0) is 37.6 Å². The minimum absolute atomic E-state index is 0.192. The fraction of sp³-hybridized carbons (Fsp3) is 0.333. The Kier molecular flexibility index (Phi) is 1.98. The minimum Gasteiger partial charge on any atom is -0.508 e. The zero-order valence-corrected chi connectivity index (χ0v) is 7.33. The number of rotatable bonds is 1. The standard InChI is InChI=1S/C9H14N2O/c1-9(2,11)7-5-6(12)3-4-8(7)10/h3-5,12H,10-11H2,1-2H3. The molecule has 5 N–H and O–H groups in total. The molecule has 0 amide bonds. The van der Waals surface area contributed by atoms with Gasteiger partial charge in [0.25, 0.3) is 0 Å². The van der Waals surface area contributed by atoms with E-state index in [0.717, 1.165) is 5.56 Å². The quantitative estimate of drug-likeness (QED) is 0.433. The normalized spacial score (nSPS) is 11.6. The van der Waals surface area contributed by atoms with Gasteiger partial charge in [0.05, 0.1) is 0 Å². The van der Waals surface area contributed by atoms with Gasteiger partial charge < -0.3 is 16.6 Å². The molecule has 66 valence electrons. The van der Waals surface area contributed by atoms with E-state index in [1.54, 1.807) is 18.2 Å². The van der Waals surface area contributed by atoms with Gasteiger partial charge in [0, 0.05) is 11.2 Å². The Bertz CT molecular complexity index is 289. The van der Waals surface area contributed by atoms with Crippen molar-refractivity contribution in [2.45, 2.75) is 19.4 Å². The summed E-state index contributed by atoms with van der Waals surface area (Å²) in [5.41, 5.74) is 12.4. The van der Waals surface area contributed by atoms with Crippen molar-refractivity contribution in [3.05, 3.63) is 23.8 Å². The van der Waals surface area contributed by atoms with Crippen LogP contribution in [0.5, 0.6) is 5.75 Å². The third-order valence-electron chi connectivity index (χ3n) is 1.73. The summed E-state index contributed by atoms with van der Waals surface area (Å²) in [4.78, 5) is 0. The average Bonchev–Trinajstić information content (AvgIpc) is 1.92. The molecule has 0 heterocycles. The summed E-state index contributed by atoms with van der Waals surface area (Å²) < 4.78 is 0. The minimum atomic E-state index is -0.511. The maximum Gasteiger partial charge on any atom is 0.116 e. The zero-order valence-electron chi connectivity index (χ0n) is 7.33. The summed E-state index contributed by atoms with van der Waals surface area (Å²) in [6, 6.07) is 4.79. The maximum atomic E-state index is 9.19. The molecular weight excluding hydrogens is 152 g/mol. The lowest BCUT2D eigenvalue weighted by atomic mass is 9.94. The molecule has 1 aromatic carbocycles. The van der Waals surface area contributed by atoms with Crippen LogP contribution in [-0.4, -0.2) is 5.11 Å². The largest absolute Gasteiger partial charge is 0.508 e. The average molecular weight is 166 g/mol. The van der Waals surface area contributed by atoms with Gasteiger partial charge in [-0.1, -0.05) is 0 Å². The molecule has 0 aliphatic rings. The third kappa shape index (κ3) is 1.68. The Labute approximate surface area is 72.0 Å². The van der Waals surface area contributed by atoms with E-state index in [-0.39, 0.29) is 5.75 Å².